The Morgan fingerprint density at radius 2 is 1.78 bits per heavy atom. The molecule has 0 aliphatic heterocycles. The van der Waals surface area contributed by atoms with Crippen molar-refractivity contribution in [2.45, 2.75) is 18.7 Å². The van der Waals surface area contributed by atoms with Crippen LogP contribution in [0.15, 0.2) is 68.6 Å². The molecule has 1 aromatic heterocycles. The number of nitrogens with one attached hydrogen (secondary N) is 2. The summed E-state index contributed by atoms with van der Waals surface area (Å²) < 4.78 is 33.8. The van der Waals surface area contributed by atoms with Gasteiger partial charge < -0.3 is 9.73 Å². The Morgan fingerprint density at radius 3 is 2.44 bits per heavy atom. The number of hydrogen-bond acceptors (Lipinski definition) is 4. The summed E-state index contributed by atoms with van der Waals surface area (Å²) in [6, 6.07) is 14.9. The van der Waals surface area contributed by atoms with Crippen molar-refractivity contribution in [1.82, 2.24) is 0 Å². The van der Waals surface area contributed by atoms with Gasteiger partial charge in [0, 0.05) is 11.4 Å². The van der Waals surface area contributed by atoms with Gasteiger partial charge in [-0.05, 0) is 77.3 Å². The van der Waals surface area contributed by atoms with Crippen LogP contribution in [0.1, 0.15) is 21.7 Å². The van der Waals surface area contributed by atoms with Gasteiger partial charge in [-0.3, -0.25) is 9.52 Å². The first kappa shape index (κ1) is 19.2. The largest absolute Gasteiger partial charge is 0.444 e. The van der Waals surface area contributed by atoms with Crippen molar-refractivity contribution in [3.05, 3.63) is 76.2 Å². The molecule has 8 heteroatoms. The fraction of sp³-hybridized carbons (Fsp3) is 0.105. The smallest absolute Gasteiger partial charge is 0.291 e. The number of aryl methyl sites for hydroxylation is 2. The van der Waals surface area contributed by atoms with Crippen molar-refractivity contribution >= 4 is 43.2 Å². The Balaban J connectivity index is 1.87. The maximum Gasteiger partial charge on any atom is 0.291 e. The number of halogens is 1. The average Bonchev–Trinajstić information content (AvgIpc) is 3.02. The van der Waals surface area contributed by atoms with E-state index in [-0.39, 0.29) is 10.7 Å². The molecular formula is C19H17BrN2O4S. The minimum atomic E-state index is -3.81. The lowest BCUT2D eigenvalue weighted by Crippen LogP contribution is -2.16. The van der Waals surface area contributed by atoms with Crippen molar-refractivity contribution < 1.29 is 17.6 Å². The zero-order valence-electron chi connectivity index (χ0n) is 14.6. The van der Waals surface area contributed by atoms with Crippen molar-refractivity contribution in [3.8, 4) is 0 Å². The molecule has 0 atom stereocenters. The first-order chi connectivity index (χ1) is 12.7. The lowest BCUT2D eigenvalue weighted by atomic mass is 10.2. The maximum atomic E-state index is 12.8. The number of carbonyl (C=O) groups is 1. The summed E-state index contributed by atoms with van der Waals surface area (Å²) in [6.45, 7) is 3.58. The van der Waals surface area contributed by atoms with Crippen LogP contribution >= 0.6 is 15.9 Å². The van der Waals surface area contributed by atoms with E-state index in [9.17, 15) is 13.2 Å². The van der Waals surface area contributed by atoms with Crippen LogP contribution < -0.4 is 10.0 Å². The summed E-state index contributed by atoms with van der Waals surface area (Å²) in [5, 5.41) is 2.64. The van der Waals surface area contributed by atoms with Crippen LogP contribution in [0.2, 0.25) is 0 Å². The fourth-order valence-electron chi connectivity index (χ4n) is 2.52. The molecule has 1 amide bonds. The Labute approximate surface area is 165 Å². The molecule has 0 saturated carbocycles. The van der Waals surface area contributed by atoms with Gasteiger partial charge in [0.2, 0.25) is 0 Å². The van der Waals surface area contributed by atoms with E-state index in [0.717, 1.165) is 5.56 Å². The normalized spacial score (nSPS) is 11.2. The molecule has 27 heavy (non-hydrogen) atoms. The molecule has 6 nitrogen and oxygen atoms in total. The molecule has 0 bridgehead atoms. The van der Waals surface area contributed by atoms with Gasteiger partial charge in [-0.15, -0.1) is 0 Å². The predicted octanol–water partition coefficient (Wildman–Crippen LogP) is 4.71. The van der Waals surface area contributed by atoms with Gasteiger partial charge >= 0.3 is 0 Å². The first-order valence-electron chi connectivity index (χ1n) is 8.01. The molecule has 0 unspecified atom stereocenters. The molecule has 0 saturated heterocycles. The van der Waals surface area contributed by atoms with Gasteiger partial charge in [-0.1, -0.05) is 18.2 Å². The van der Waals surface area contributed by atoms with Gasteiger partial charge in [0.1, 0.15) is 0 Å². The highest BCUT2D eigenvalue weighted by molar-refractivity contribution is 9.10. The molecule has 0 radical (unpaired) electrons. The third-order valence-corrected chi connectivity index (χ3v) is 5.75. The first-order valence-corrected chi connectivity index (χ1v) is 10.3. The lowest BCUT2D eigenvalue weighted by molar-refractivity contribution is 0.0995. The molecule has 2 aromatic carbocycles. The van der Waals surface area contributed by atoms with Crippen LogP contribution in [0.25, 0.3) is 0 Å². The summed E-state index contributed by atoms with van der Waals surface area (Å²) in [5.41, 5.74) is 2.33. The van der Waals surface area contributed by atoms with E-state index in [0.29, 0.717) is 21.6 Å². The Bertz CT molecular complexity index is 1110. The fourth-order valence-corrected chi connectivity index (χ4v) is 4.14. The third kappa shape index (κ3) is 4.58. The summed E-state index contributed by atoms with van der Waals surface area (Å²) >= 11 is 3.14. The van der Waals surface area contributed by atoms with Gasteiger partial charge in [0.15, 0.2) is 10.4 Å². The number of sulfonamides is 1. The highest BCUT2D eigenvalue weighted by Crippen LogP contribution is 2.24. The number of anilines is 2. The van der Waals surface area contributed by atoms with E-state index in [1.807, 2.05) is 13.0 Å². The monoisotopic (exact) mass is 448 g/mol. The molecule has 0 aliphatic rings. The van der Waals surface area contributed by atoms with Crippen LogP contribution in [-0.2, 0) is 10.0 Å². The molecule has 0 spiro atoms. The van der Waals surface area contributed by atoms with Crippen molar-refractivity contribution in [2.24, 2.45) is 0 Å². The van der Waals surface area contributed by atoms with E-state index in [1.54, 1.807) is 43.3 Å². The van der Waals surface area contributed by atoms with Crippen LogP contribution in [0.5, 0.6) is 0 Å². The van der Waals surface area contributed by atoms with E-state index in [4.69, 9.17) is 4.42 Å². The number of benzene rings is 2. The zero-order chi connectivity index (χ0) is 19.6. The number of hydrogen-bond donors (Lipinski definition) is 2. The van der Waals surface area contributed by atoms with E-state index in [2.05, 4.69) is 26.0 Å². The second-order valence-electron chi connectivity index (χ2n) is 6.01. The highest BCUT2D eigenvalue weighted by atomic mass is 79.9. The predicted molar refractivity (Wildman–Crippen MR) is 108 cm³/mol. The summed E-state index contributed by atoms with van der Waals surface area (Å²) in [4.78, 5) is 12.3. The SMILES string of the molecule is Cc1cccc(NS(=O)(=O)c2cc(NC(=O)c3ccc(Br)o3)ccc2C)c1. The second kappa shape index (κ2) is 7.58. The van der Waals surface area contributed by atoms with E-state index < -0.39 is 15.9 Å². The Morgan fingerprint density at radius 1 is 1.00 bits per heavy atom. The minimum Gasteiger partial charge on any atom is -0.444 e. The quantitative estimate of drug-likeness (QED) is 0.591. The van der Waals surface area contributed by atoms with Crippen molar-refractivity contribution in [3.63, 3.8) is 0 Å². The summed E-state index contributed by atoms with van der Waals surface area (Å²) in [7, 11) is -3.81. The molecule has 1 heterocycles. The Kier molecular flexibility index (Phi) is 5.38. The van der Waals surface area contributed by atoms with E-state index >= 15 is 0 Å². The van der Waals surface area contributed by atoms with E-state index in [1.165, 1.54) is 12.1 Å². The zero-order valence-corrected chi connectivity index (χ0v) is 17.0. The van der Waals surface area contributed by atoms with Gasteiger partial charge in [0.05, 0.1) is 4.90 Å². The Hall–Kier alpha value is -2.58. The minimum absolute atomic E-state index is 0.0856. The number of amides is 1. The van der Waals surface area contributed by atoms with Gasteiger partial charge in [0.25, 0.3) is 15.9 Å². The molecule has 0 fully saturated rings. The van der Waals surface area contributed by atoms with Crippen LogP contribution in [-0.4, -0.2) is 14.3 Å². The second-order valence-corrected chi connectivity index (χ2v) is 8.45. The van der Waals surface area contributed by atoms with Crippen molar-refractivity contribution in [2.75, 3.05) is 10.0 Å². The average molecular weight is 449 g/mol. The molecule has 3 rings (SSSR count). The van der Waals surface area contributed by atoms with Crippen molar-refractivity contribution in [1.29, 1.82) is 0 Å². The molecule has 0 aliphatic carbocycles. The number of carbonyl (C=O) groups excluding carboxylic acids is 1. The number of rotatable bonds is 5. The standard InChI is InChI=1S/C19H17BrN2O4S/c1-12-4-3-5-15(10-12)22-27(24,25)17-11-14(7-6-13(17)2)21-19(23)16-8-9-18(20)26-16/h3-11,22H,1-2H3,(H,21,23). The van der Waals surface area contributed by atoms with Gasteiger partial charge in [-0.25, -0.2) is 8.42 Å². The van der Waals surface area contributed by atoms with Crippen LogP contribution in [0, 0.1) is 13.8 Å². The lowest BCUT2D eigenvalue weighted by Gasteiger charge is -2.13. The molecule has 140 valence electrons. The summed E-state index contributed by atoms with van der Waals surface area (Å²) in [5.74, 6) is -0.357. The van der Waals surface area contributed by atoms with Crippen LogP contribution in [0.3, 0.4) is 0 Å². The van der Waals surface area contributed by atoms with Crippen LogP contribution in [0.4, 0.5) is 11.4 Å². The molecule has 3 aromatic rings. The van der Waals surface area contributed by atoms with Gasteiger partial charge in [-0.2, -0.15) is 0 Å². The topological polar surface area (TPSA) is 88.4 Å². The molecular weight excluding hydrogens is 432 g/mol. The summed E-state index contributed by atoms with van der Waals surface area (Å²) in [6.07, 6.45) is 0. The highest BCUT2D eigenvalue weighted by Gasteiger charge is 2.19. The third-order valence-electron chi connectivity index (χ3n) is 3.80. The number of furan rings is 1. The molecule has 2 N–H and O–H groups in total. The maximum absolute atomic E-state index is 12.8.